The molecule has 104 valence electrons. The number of unbranched alkanes of at least 4 members (excludes halogenated alkanes) is 4. The molecule has 0 radical (unpaired) electrons. The lowest BCUT2D eigenvalue weighted by atomic mass is 9.89. The maximum atomic E-state index is 5.78. The van der Waals surface area contributed by atoms with Gasteiger partial charge in [0.25, 0.3) is 0 Å². The van der Waals surface area contributed by atoms with Gasteiger partial charge in [0.05, 0.1) is 0 Å². The van der Waals surface area contributed by atoms with E-state index in [1.54, 1.807) is 0 Å². The molecule has 0 aliphatic heterocycles. The highest BCUT2D eigenvalue weighted by atomic mass is 79.9. The molecule has 1 unspecified atom stereocenters. The van der Waals surface area contributed by atoms with Gasteiger partial charge in [-0.05, 0) is 31.4 Å². The molecule has 0 saturated heterocycles. The summed E-state index contributed by atoms with van der Waals surface area (Å²) < 4.78 is 5.78. The lowest BCUT2D eigenvalue weighted by Gasteiger charge is -2.17. The average Bonchev–Trinajstić information content (AvgIpc) is 2.13. The fourth-order valence-corrected chi connectivity index (χ4v) is 4.20. The van der Waals surface area contributed by atoms with Crippen molar-refractivity contribution in [3.8, 4) is 0 Å². The topological polar surface area (TPSA) is 9.23 Å². The highest BCUT2D eigenvalue weighted by molar-refractivity contribution is 9.09. The third-order valence-corrected chi connectivity index (χ3v) is 4.72. The van der Waals surface area contributed by atoms with Crippen LogP contribution in [0.15, 0.2) is 0 Å². The first-order chi connectivity index (χ1) is 7.81. The molecule has 0 saturated carbocycles. The van der Waals surface area contributed by atoms with Gasteiger partial charge in [-0.2, -0.15) is 0 Å². The Morgan fingerprint density at radius 2 is 1.53 bits per heavy atom. The Hall–Kier alpha value is 0.657. The zero-order chi connectivity index (χ0) is 13.3. The summed E-state index contributed by atoms with van der Waals surface area (Å²) in [7, 11) is -0.864. The van der Waals surface area contributed by atoms with Crippen molar-refractivity contribution in [1.29, 1.82) is 0 Å². The number of rotatable bonds is 9. The Morgan fingerprint density at radius 3 is 2.06 bits per heavy atom. The predicted molar refractivity (Wildman–Crippen MR) is 84.5 cm³/mol. The molecule has 0 rings (SSSR count). The second-order valence-electron chi connectivity index (χ2n) is 6.46. The molecule has 0 spiro atoms. The Balaban J connectivity index is 3.24. The number of hydrogen-bond acceptors (Lipinski definition) is 1. The van der Waals surface area contributed by atoms with Gasteiger partial charge in [0.2, 0.25) is 0 Å². The van der Waals surface area contributed by atoms with Crippen LogP contribution in [0.2, 0.25) is 13.1 Å². The average molecular weight is 323 g/mol. The van der Waals surface area contributed by atoms with Crippen LogP contribution in [0.25, 0.3) is 0 Å². The number of halogens is 1. The molecule has 0 N–H and O–H groups in total. The molecule has 0 aliphatic rings. The fraction of sp³-hybridized carbons (Fsp3) is 1.00. The van der Waals surface area contributed by atoms with Crippen LogP contribution in [0.5, 0.6) is 0 Å². The summed E-state index contributed by atoms with van der Waals surface area (Å²) in [6, 6.07) is 0. The van der Waals surface area contributed by atoms with Crippen LogP contribution in [0.4, 0.5) is 0 Å². The van der Waals surface area contributed by atoms with Crippen LogP contribution in [0.1, 0.15) is 65.7 Å². The lowest BCUT2D eigenvalue weighted by molar-refractivity contribution is 0.283. The normalized spacial score (nSPS) is 14.3. The van der Waals surface area contributed by atoms with Crippen LogP contribution in [-0.2, 0) is 4.43 Å². The zero-order valence-electron chi connectivity index (χ0n) is 12.4. The molecule has 0 fully saturated rings. The third kappa shape index (κ3) is 14.6. The molecule has 0 aromatic rings. The number of alkyl halides is 1. The van der Waals surface area contributed by atoms with Crippen LogP contribution in [0, 0.1) is 5.41 Å². The first-order valence-electron chi connectivity index (χ1n) is 7.11. The van der Waals surface area contributed by atoms with Gasteiger partial charge in [0.15, 0.2) is 9.04 Å². The Labute approximate surface area is 119 Å². The van der Waals surface area contributed by atoms with Crippen LogP contribution >= 0.6 is 15.9 Å². The van der Waals surface area contributed by atoms with Crippen LogP contribution in [-0.4, -0.2) is 14.1 Å². The molecule has 1 nitrogen and oxygen atoms in total. The predicted octanol–water partition coefficient (Wildman–Crippen LogP) is 5.48. The Bertz CT molecular complexity index is 178. The van der Waals surface area contributed by atoms with Gasteiger partial charge in [-0.3, -0.25) is 0 Å². The van der Waals surface area contributed by atoms with Crippen LogP contribution < -0.4 is 0 Å². The lowest BCUT2D eigenvalue weighted by Crippen LogP contribution is -2.14. The second kappa shape index (κ2) is 9.57. The minimum Gasteiger partial charge on any atom is -0.408 e. The van der Waals surface area contributed by atoms with Crippen LogP contribution in [0.3, 0.4) is 0 Å². The van der Waals surface area contributed by atoms with Crippen molar-refractivity contribution in [2.24, 2.45) is 5.41 Å². The molecule has 17 heavy (non-hydrogen) atoms. The number of hydrogen-bond donors (Lipinski definition) is 0. The van der Waals surface area contributed by atoms with Crippen molar-refractivity contribution in [1.82, 2.24) is 0 Å². The minimum absolute atomic E-state index is 0.309. The third-order valence-electron chi connectivity index (χ3n) is 2.78. The second-order valence-corrected chi connectivity index (χ2v) is 9.85. The summed E-state index contributed by atoms with van der Waals surface area (Å²) in [4.78, 5) is 0. The summed E-state index contributed by atoms with van der Waals surface area (Å²) in [5, 5.41) is 0.309. The molecule has 0 aromatic heterocycles. The molecule has 3 heteroatoms. The summed E-state index contributed by atoms with van der Waals surface area (Å²) in [6.07, 6.45) is 9.35. The Morgan fingerprint density at radius 1 is 1.00 bits per heavy atom. The zero-order valence-corrected chi connectivity index (χ0v) is 15.1. The molecule has 0 aliphatic carbocycles. The van der Waals surface area contributed by atoms with E-state index in [2.05, 4.69) is 49.8 Å². The van der Waals surface area contributed by atoms with Gasteiger partial charge in [0, 0.05) is 0 Å². The summed E-state index contributed by atoms with van der Waals surface area (Å²) in [5.74, 6) is 0. The van der Waals surface area contributed by atoms with E-state index in [1.807, 2.05) is 0 Å². The van der Waals surface area contributed by atoms with Gasteiger partial charge in [0.1, 0.15) is 5.01 Å². The van der Waals surface area contributed by atoms with E-state index in [1.165, 1.54) is 44.9 Å². The minimum atomic E-state index is -0.864. The summed E-state index contributed by atoms with van der Waals surface area (Å²) >= 11 is 3.60. The summed E-state index contributed by atoms with van der Waals surface area (Å²) in [6.45, 7) is 11.4. The van der Waals surface area contributed by atoms with E-state index < -0.39 is 9.04 Å². The van der Waals surface area contributed by atoms with Gasteiger partial charge in [-0.1, -0.05) is 68.8 Å². The smallest absolute Gasteiger partial charge is 0.172 e. The van der Waals surface area contributed by atoms with Crippen molar-refractivity contribution < 1.29 is 4.43 Å². The molecular formula is C14H31BrOSi. The van der Waals surface area contributed by atoms with E-state index in [4.69, 9.17) is 4.43 Å². The largest absolute Gasteiger partial charge is 0.408 e. The van der Waals surface area contributed by atoms with Crippen molar-refractivity contribution in [3.05, 3.63) is 0 Å². The van der Waals surface area contributed by atoms with Gasteiger partial charge >= 0.3 is 0 Å². The molecular weight excluding hydrogens is 292 g/mol. The van der Waals surface area contributed by atoms with Gasteiger partial charge in [-0.15, -0.1) is 0 Å². The van der Waals surface area contributed by atoms with Gasteiger partial charge < -0.3 is 4.43 Å². The van der Waals surface area contributed by atoms with E-state index in [-0.39, 0.29) is 0 Å². The van der Waals surface area contributed by atoms with Crippen molar-refractivity contribution >= 4 is 25.0 Å². The molecule has 0 bridgehead atoms. The molecule has 0 heterocycles. The fourth-order valence-electron chi connectivity index (χ4n) is 1.85. The highest BCUT2D eigenvalue weighted by Crippen LogP contribution is 2.23. The monoisotopic (exact) mass is 322 g/mol. The van der Waals surface area contributed by atoms with E-state index >= 15 is 0 Å². The Kier molecular flexibility index (Phi) is 9.94. The van der Waals surface area contributed by atoms with Crippen molar-refractivity contribution in [3.63, 3.8) is 0 Å². The van der Waals surface area contributed by atoms with E-state index in [0.29, 0.717) is 10.4 Å². The standard InChI is InChI=1S/C14H31BrOSi/c1-14(2,3)12-10-8-6-7-9-11-13(15)16-17(4)5/h13,17H,6-12H2,1-5H3. The molecule has 0 amide bonds. The van der Waals surface area contributed by atoms with Crippen molar-refractivity contribution in [2.75, 3.05) is 0 Å². The van der Waals surface area contributed by atoms with Crippen molar-refractivity contribution in [2.45, 2.75) is 83.8 Å². The SMILES string of the molecule is C[SiH](C)OC(Br)CCCCCCCC(C)(C)C. The maximum Gasteiger partial charge on any atom is 0.172 e. The molecule has 1 atom stereocenters. The highest BCUT2D eigenvalue weighted by Gasteiger charge is 2.09. The quantitative estimate of drug-likeness (QED) is 0.310. The van der Waals surface area contributed by atoms with E-state index in [0.717, 1.165) is 0 Å². The van der Waals surface area contributed by atoms with Gasteiger partial charge in [-0.25, -0.2) is 0 Å². The maximum absolute atomic E-state index is 5.78. The first kappa shape index (κ1) is 17.7. The molecule has 0 aromatic carbocycles. The first-order valence-corrected chi connectivity index (χ1v) is 10.8. The van der Waals surface area contributed by atoms with E-state index in [9.17, 15) is 0 Å². The summed E-state index contributed by atoms with van der Waals surface area (Å²) in [5.41, 5.74) is 0.511.